The second kappa shape index (κ2) is 5.82. The first-order valence-corrected chi connectivity index (χ1v) is 4.78. The molecule has 0 aromatic heterocycles. The number of piperidine rings is 1. The molecule has 0 unspecified atom stereocenters. The van der Waals surface area contributed by atoms with E-state index < -0.39 is 0 Å². The maximum atomic E-state index is 9.00. The number of hydrogen-bond donors (Lipinski definition) is 3. The summed E-state index contributed by atoms with van der Waals surface area (Å²) in [7, 11) is 0. The van der Waals surface area contributed by atoms with Gasteiger partial charge in [-0.25, -0.2) is 0 Å². The summed E-state index contributed by atoms with van der Waals surface area (Å²) in [5.74, 6) is 0.265. The van der Waals surface area contributed by atoms with Crippen LogP contribution in [0.3, 0.4) is 0 Å². The summed E-state index contributed by atoms with van der Waals surface area (Å²) in [4.78, 5) is 2.71. The molecule has 0 aromatic rings. The molecule has 6 heteroatoms. The van der Waals surface area contributed by atoms with Crippen LogP contribution in [0.15, 0.2) is 5.11 Å². The number of aliphatic hydroxyl groups is 2. The molecule has 1 fully saturated rings. The molecule has 1 heterocycles. The van der Waals surface area contributed by atoms with Crippen LogP contribution in [0.25, 0.3) is 10.4 Å². The molecule has 1 saturated heterocycles. The molecule has 0 spiro atoms. The van der Waals surface area contributed by atoms with Gasteiger partial charge in [0.1, 0.15) is 0 Å². The Hall–Kier alpha value is -0.810. The van der Waals surface area contributed by atoms with Gasteiger partial charge < -0.3 is 15.5 Å². The van der Waals surface area contributed by atoms with E-state index in [0.717, 1.165) is 12.8 Å². The Morgan fingerprint density at radius 2 is 1.86 bits per heavy atom. The maximum Gasteiger partial charge on any atom is 0.0584 e. The zero-order valence-corrected chi connectivity index (χ0v) is 8.00. The van der Waals surface area contributed by atoms with Crippen molar-refractivity contribution < 1.29 is 10.2 Å². The third kappa shape index (κ3) is 3.16. The highest BCUT2D eigenvalue weighted by Gasteiger charge is 2.26. The third-order valence-corrected chi connectivity index (χ3v) is 2.55. The fourth-order valence-electron chi connectivity index (χ4n) is 1.93. The molecule has 0 saturated carbocycles. The van der Waals surface area contributed by atoms with E-state index in [2.05, 4.69) is 15.3 Å². The highest BCUT2D eigenvalue weighted by Crippen LogP contribution is 2.20. The second-order valence-corrected chi connectivity index (χ2v) is 3.68. The van der Waals surface area contributed by atoms with Gasteiger partial charge in [-0.2, -0.15) is 0 Å². The zero-order chi connectivity index (χ0) is 10.4. The Bertz CT molecular complexity index is 205. The van der Waals surface area contributed by atoms with Crippen molar-refractivity contribution in [3.8, 4) is 0 Å². The zero-order valence-electron chi connectivity index (χ0n) is 8.00. The minimum Gasteiger partial charge on any atom is -0.395 e. The number of rotatable bonds is 4. The lowest BCUT2D eigenvalue weighted by Gasteiger charge is -2.34. The quantitative estimate of drug-likeness (QED) is 0.338. The predicted molar refractivity (Wildman–Crippen MR) is 51.6 cm³/mol. The average Bonchev–Trinajstić information content (AvgIpc) is 2.25. The molecule has 3 atom stereocenters. The van der Waals surface area contributed by atoms with Gasteiger partial charge in [-0.05, 0) is 24.3 Å². The summed E-state index contributed by atoms with van der Waals surface area (Å²) < 4.78 is 0. The summed E-state index contributed by atoms with van der Waals surface area (Å²) in [6, 6.07) is 0.0274. The van der Waals surface area contributed by atoms with E-state index in [1.165, 1.54) is 0 Å². The highest BCUT2D eigenvalue weighted by molar-refractivity contribution is 4.85. The first-order valence-electron chi connectivity index (χ1n) is 4.78. The second-order valence-electron chi connectivity index (χ2n) is 3.68. The fraction of sp³-hybridized carbons (Fsp3) is 1.00. The Kier molecular flexibility index (Phi) is 4.69. The molecule has 1 rings (SSSR count). The molecule has 3 N–H and O–H groups in total. The first kappa shape index (κ1) is 11.3. The molecular weight excluding hydrogens is 184 g/mol. The lowest BCUT2D eigenvalue weighted by Crippen LogP contribution is -2.49. The van der Waals surface area contributed by atoms with Crippen LogP contribution >= 0.6 is 0 Å². The van der Waals surface area contributed by atoms with Gasteiger partial charge in [0, 0.05) is 23.5 Å². The van der Waals surface area contributed by atoms with Gasteiger partial charge in [0.15, 0.2) is 0 Å². The van der Waals surface area contributed by atoms with Gasteiger partial charge in [-0.15, -0.1) is 0 Å². The normalized spacial score (nSPS) is 32.3. The van der Waals surface area contributed by atoms with Crippen molar-refractivity contribution in [2.24, 2.45) is 11.0 Å². The molecule has 0 radical (unpaired) electrons. The molecule has 80 valence electrons. The molecule has 1 aliphatic heterocycles. The number of azide groups is 1. The topological polar surface area (TPSA) is 101 Å². The number of nitrogens with one attached hydrogen (secondary N) is 1. The van der Waals surface area contributed by atoms with Crippen LogP contribution in [0.5, 0.6) is 0 Å². The third-order valence-electron chi connectivity index (χ3n) is 2.55. The number of nitrogens with zero attached hydrogens (tertiary/aromatic N) is 3. The van der Waals surface area contributed by atoms with E-state index in [0.29, 0.717) is 6.54 Å². The predicted octanol–water partition coefficient (Wildman–Crippen LogP) is 0.0181. The highest BCUT2D eigenvalue weighted by atomic mass is 16.3. The van der Waals surface area contributed by atoms with Crippen LogP contribution in [-0.4, -0.2) is 42.1 Å². The lowest BCUT2D eigenvalue weighted by atomic mass is 9.88. The molecule has 1 aliphatic rings. The van der Waals surface area contributed by atoms with Crippen LogP contribution in [0, 0.1) is 5.92 Å². The maximum absolute atomic E-state index is 9.00. The fourth-order valence-corrected chi connectivity index (χ4v) is 1.93. The first-order chi connectivity index (χ1) is 6.80. The van der Waals surface area contributed by atoms with E-state index in [9.17, 15) is 0 Å². The monoisotopic (exact) mass is 200 g/mol. The molecule has 0 aliphatic carbocycles. The summed E-state index contributed by atoms with van der Waals surface area (Å²) in [6.45, 7) is 0.567. The van der Waals surface area contributed by atoms with E-state index in [-0.39, 0.29) is 31.2 Å². The number of aliphatic hydroxyl groups excluding tert-OH is 2. The standard InChI is InChI=1S/C8H16N4O2/c9-12-10-3-6-1-7(4-13)11-8(2-6)5-14/h6-8,11,13-14H,1-5H2/t6-,7-,8+. The van der Waals surface area contributed by atoms with Gasteiger partial charge in [-0.1, -0.05) is 5.11 Å². The van der Waals surface area contributed by atoms with E-state index in [1.54, 1.807) is 0 Å². The summed E-state index contributed by atoms with van der Waals surface area (Å²) >= 11 is 0. The van der Waals surface area contributed by atoms with Crippen molar-refractivity contribution in [1.82, 2.24) is 5.32 Å². The van der Waals surface area contributed by atoms with Crippen molar-refractivity contribution in [1.29, 1.82) is 0 Å². The minimum absolute atomic E-state index is 0.0137. The summed E-state index contributed by atoms with van der Waals surface area (Å²) in [5.41, 5.74) is 8.19. The Labute approximate surface area is 82.6 Å². The Balaban J connectivity index is 2.46. The van der Waals surface area contributed by atoms with E-state index in [1.807, 2.05) is 0 Å². The minimum atomic E-state index is 0.0137. The van der Waals surface area contributed by atoms with Crippen LogP contribution in [0.4, 0.5) is 0 Å². The van der Waals surface area contributed by atoms with Gasteiger partial charge in [0.2, 0.25) is 0 Å². The molecule has 0 bridgehead atoms. The van der Waals surface area contributed by atoms with Crippen LogP contribution < -0.4 is 5.32 Å². The smallest absolute Gasteiger partial charge is 0.0584 e. The van der Waals surface area contributed by atoms with Gasteiger partial charge >= 0.3 is 0 Å². The largest absolute Gasteiger partial charge is 0.395 e. The van der Waals surface area contributed by atoms with Gasteiger partial charge in [0.05, 0.1) is 13.2 Å². The molecule has 0 amide bonds. The van der Waals surface area contributed by atoms with Crippen molar-refractivity contribution >= 4 is 0 Å². The lowest BCUT2D eigenvalue weighted by molar-refractivity contribution is 0.131. The molecule has 14 heavy (non-hydrogen) atoms. The molecular formula is C8H16N4O2. The van der Waals surface area contributed by atoms with E-state index >= 15 is 0 Å². The van der Waals surface area contributed by atoms with Crippen LogP contribution in [0.2, 0.25) is 0 Å². The van der Waals surface area contributed by atoms with E-state index in [4.69, 9.17) is 15.7 Å². The van der Waals surface area contributed by atoms with Crippen molar-refractivity contribution in [2.45, 2.75) is 24.9 Å². The number of hydrogen-bond acceptors (Lipinski definition) is 4. The Morgan fingerprint density at radius 1 is 1.29 bits per heavy atom. The van der Waals surface area contributed by atoms with Crippen molar-refractivity contribution in [2.75, 3.05) is 19.8 Å². The van der Waals surface area contributed by atoms with Gasteiger partial charge in [-0.3, -0.25) is 0 Å². The Morgan fingerprint density at radius 3 is 2.29 bits per heavy atom. The SMILES string of the molecule is [N-]=[N+]=NC[C@H]1C[C@@H](CO)N[C@@H](CO)C1. The molecule has 0 aromatic carbocycles. The molecule has 6 nitrogen and oxygen atoms in total. The van der Waals surface area contributed by atoms with Gasteiger partial charge in [0.25, 0.3) is 0 Å². The van der Waals surface area contributed by atoms with Crippen LogP contribution in [-0.2, 0) is 0 Å². The summed E-state index contributed by atoms with van der Waals surface area (Å²) in [5, 5.41) is 24.6. The van der Waals surface area contributed by atoms with Crippen molar-refractivity contribution in [3.63, 3.8) is 0 Å². The van der Waals surface area contributed by atoms with Crippen LogP contribution in [0.1, 0.15) is 12.8 Å². The summed E-state index contributed by atoms with van der Waals surface area (Å²) in [6.07, 6.45) is 1.60. The average molecular weight is 200 g/mol. The van der Waals surface area contributed by atoms with Crippen molar-refractivity contribution in [3.05, 3.63) is 10.4 Å².